The van der Waals surface area contributed by atoms with E-state index in [1.165, 1.54) is 12.1 Å². The Balaban J connectivity index is 1.43. The van der Waals surface area contributed by atoms with Gasteiger partial charge in [-0.2, -0.15) is 0 Å². The van der Waals surface area contributed by atoms with Crippen LogP contribution in [0.5, 0.6) is 0 Å². The third-order valence-electron chi connectivity index (χ3n) is 5.12. The monoisotopic (exact) mass is 466 g/mol. The lowest BCUT2D eigenvalue weighted by atomic mass is 10.1. The molecular weight excluding hydrogens is 443 g/mol. The molecule has 1 aromatic heterocycles. The fourth-order valence-corrected chi connectivity index (χ4v) is 4.50. The Morgan fingerprint density at radius 2 is 1.67 bits per heavy atom. The number of halogens is 1. The molecule has 0 saturated heterocycles. The first-order valence-electron chi connectivity index (χ1n) is 10.4. The van der Waals surface area contributed by atoms with Crippen molar-refractivity contribution in [2.24, 2.45) is 0 Å². The number of aromatic nitrogens is 2. The molecule has 170 valence electrons. The van der Waals surface area contributed by atoms with E-state index >= 15 is 0 Å². The lowest BCUT2D eigenvalue weighted by molar-refractivity contribution is -0.121. The van der Waals surface area contributed by atoms with Crippen LogP contribution in [-0.2, 0) is 21.2 Å². The molecule has 4 aromatic rings. The SMILES string of the molecule is O=C(CCNS(=O)(=O)c1ccc(F)cc1)N[C@@H](Cc1ccccc1)c1nc2ccccc2[nH]1. The Morgan fingerprint density at radius 1 is 0.970 bits per heavy atom. The first-order valence-corrected chi connectivity index (χ1v) is 11.9. The van der Waals surface area contributed by atoms with Crippen molar-refractivity contribution in [2.45, 2.75) is 23.8 Å². The van der Waals surface area contributed by atoms with Gasteiger partial charge in [-0.1, -0.05) is 42.5 Å². The molecule has 0 bridgehead atoms. The van der Waals surface area contributed by atoms with Gasteiger partial charge < -0.3 is 10.3 Å². The van der Waals surface area contributed by atoms with Crippen LogP contribution in [0.25, 0.3) is 11.0 Å². The topological polar surface area (TPSA) is 104 Å². The molecule has 0 saturated carbocycles. The predicted octanol–water partition coefficient (Wildman–Crippen LogP) is 3.47. The summed E-state index contributed by atoms with van der Waals surface area (Å²) in [6.07, 6.45) is 0.458. The molecule has 4 rings (SSSR count). The molecule has 1 amide bonds. The minimum Gasteiger partial charge on any atom is -0.346 e. The van der Waals surface area contributed by atoms with E-state index in [1.54, 1.807) is 0 Å². The van der Waals surface area contributed by atoms with Gasteiger partial charge >= 0.3 is 0 Å². The van der Waals surface area contributed by atoms with Gasteiger partial charge in [-0.05, 0) is 48.4 Å². The lowest BCUT2D eigenvalue weighted by Crippen LogP contribution is -2.34. The number of nitrogens with one attached hydrogen (secondary N) is 3. The molecule has 33 heavy (non-hydrogen) atoms. The van der Waals surface area contributed by atoms with E-state index in [9.17, 15) is 17.6 Å². The first-order chi connectivity index (χ1) is 15.9. The molecule has 0 radical (unpaired) electrons. The van der Waals surface area contributed by atoms with Crippen molar-refractivity contribution in [3.63, 3.8) is 0 Å². The summed E-state index contributed by atoms with van der Waals surface area (Å²) < 4.78 is 40.1. The van der Waals surface area contributed by atoms with Crippen LogP contribution in [-0.4, -0.2) is 30.8 Å². The summed E-state index contributed by atoms with van der Waals surface area (Å²) in [5.41, 5.74) is 2.69. The fraction of sp³-hybridized carbons (Fsp3) is 0.167. The van der Waals surface area contributed by atoms with E-state index in [0.29, 0.717) is 12.2 Å². The molecular formula is C24H23FN4O3S. The molecule has 0 aliphatic rings. The second kappa shape index (κ2) is 9.93. The largest absolute Gasteiger partial charge is 0.346 e. The molecule has 0 aliphatic heterocycles. The number of aromatic amines is 1. The van der Waals surface area contributed by atoms with Gasteiger partial charge in [0.1, 0.15) is 11.6 Å². The summed E-state index contributed by atoms with van der Waals surface area (Å²) >= 11 is 0. The van der Waals surface area contributed by atoms with Crippen LogP contribution in [0.2, 0.25) is 0 Å². The molecule has 1 heterocycles. The lowest BCUT2D eigenvalue weighted by Gasteiger charge is -2.17. The summed E-state index contributed by atoms with van der Waals surface area (Å²) in [4.78, 5) is 20.5. The number of hydrogen-bond acceptors (Lipinski definition) is 4. The Hall–Kier alpha value is -3.56. The molecule has 0 spiro atoms. The molecule has 0 aliphatic carbocycles. The number of rotatable bonds is 9. The van der Waals surface area contributed by atoms with Crippen LogP contribution >= 0.6 is 0 Å². The number of amides is 1. The number of sulfonamides is 1. The minimum atomic E-state index is -3.83. The van der Waals surface area contributed by atoms with Gasteiger partial charge in [0.15, 0.2) is 0 Å². The molecule has 9 heteroatoms. The van der Waals surface area contributed by atoms with E-state index in [2.05, 4.69) is 20.0 Å². The smallest absolute Gasteiger partial charge is 0.240 e. The number of benzene rings is 3. The zero-order valence-corrected chi connectivity index (χ0v) is 18.5. The highest BCUT2D eigenvalue weighted by Gasteiger charge is 2.20. The molecule has 7 nitrogen and oxygen atoms in total. The van der Waals surface area contributed by atoms with Crippen molar-refractivity contribution in [1.82, 2.24) is 20.0 Å². The molecule has 3 N–H and O–H groups in total. The summed E-state index contributed by atoms with van der Waals surface area (Å²) in [6, 6.07) is 21.4. The second-order valence-corrected chi connectivity index (χ2v) is 9.32. The number of imidazole rings is 1. The van der Waals surface area contributed by atoms with Gasteiger partial charge in [0, 0.05) is 13.0 Å². The molecule has 0 unspecified atom stereocenters. The van der Waals surface area contributed by atoms with Crippen LogP contribution in [0, 0.1) is 5.82 Å². The van der Waals surface area contributed by atoms with Crippen LogP contribution < -0.4 is 10.0 Å². The van der Waals surface area contributed by atoms with Crippen molar-refractivity contribution in [3.05, 3.63) is 96.1 Å². The van der Waals surface area contributed by atoms with Crippen molar-refractivity contribution >= 4 is 27.0 Å². The third-order valence-corrected chi connectivity index (χ3v) is 6.60. The zero-order valence-electron chi connectivity index (χ0n) is 17.7. The standard InChI is InChI=1S/C24H23FN4O3S/c25-18-10-12-19(13-11-18)33(31,32)26-15-14-23(30)27-22(16-17-6-2-1-3-7-17)24-28-20-8-4-5-9-21(20)29-24/h1-13,22,26H,14-16H2,(H,27,30)(H,28,29)/t22-/m0/s1. The molecule has 3 aromatic carbocycles. The maximum absolute atomic E-state index is 13.0. The Kier molecular flexibility index (Phi) is 6.81. The van der Waals surface area contributed by atoms with Crippen LogP contribution in [0.4, 0.5) is 4.39 Å². The number of fused-ring (bicyclic) bond motifs is 1. The van der Waals surface area contributed by atoms with E-state index < -0.39 is 21.9 Å². The Labute approximate surface area is 191 Å². The number of H-pyrrole nitrogens is 1. The van der Waals surface area contributed by atoms with Gasteiger partial charge in [-0.25, -0.2) is 22.5 Å². The van der Waals surface area contributed by atoms with Crippen molar-refractivity contribution in [3.8, 4) is 0 Å². The highest BCUT2D eigenvalue weighted by atomic mass is 32.2. The van der Waals surface area contributed by atoms with Crippen molar-refractivity contribution in [1.29, 1.82) is 0 Å². The van der Waals surface area contributed by atoms with E-state index in [0.717, 1.165) is 28.7 Å². The Morgan fingerprint density at radius 3 is 2.39 bits per heavy atom. The number of hydrogen-bond donors (Lipinski definition) is 3. The minimum absolute atomic E-state index is 0.0615. The predicted molar refractivity (Wildman–Crippen MR) is 123 cm³/mol. The van der Waals surface area contributed by atoms with Gasteiger partial charge in [-0.15, -0.1) is 0 Å². The van der Waals surface area contributed by atoms with Gasteiger partial charge in [-0.3, -0.25) is 4.79 Å². The maximum atomic E-state index is 13.0. The van der Waals surface area contributed by atoms with Gasteiger partial charge in [0.05, 0.1) is 22.0 Å². The third kappa shape index (κ3) is 5.82. The van der Waals surface area contributed by atoms with Gasteiger partial charge in [0.25, 0.3) is 0 Å². The average molecular weight is 467 g/mol. The number of nitrogens with zero attached hydrogens (tertiary/aromatic N) is 1. The normalized spacial score (nSPS) is 12.5. The summed E-state index contributed by atoms with van der Waals surface area (Å²) in [6.45, 7) is -0.0935. The summed E-state index contributed by atoms with van der Waals surface area (Å²) in [5.74, 6) is -0.220. The number of para-hydroxylation sites is 2. The average Bonchev–Trinajstić information content (AvgIpc) is 3.24. The molecule has 0 fully saturated rings. The van der Waals surface area contributed by atoms with Crippen molar-refractivity contribution < 1.29 is 17.6 Å². The van der Waals surface area contributed by atoms with E-state index in [1.807, 2.05) is 54.6 Å². The second-order valence-electron chi connectivity index (χ2n) is 7.55. The quantitative estimate of drug-likeness (QED) is 0.351. The molecule has 1 atom stereocenters. The van der Waals surface area contributed by atoms with E-state index in [-0.39, 0.29) is 23.8 Å². The van der Waals surface area contributed by atoms with Crippen LogP contribution in [0.3, 0.4) is 0 Å². The first kappa shape index (κ1) is 22.6. The number of carbonyl (C=O) groups excluding carboxylic acids is 1. The highest BCUT2D eigenvalue weighted by molar-refractivity contribution is 7.89. The van der Waals surface area contributed by atoms with Gasteiger partial charge in [0.2, 0.25) is 15.9 Å². The zero-order chi connectivity index (χ0) is 23.3. The Bertz CT molecular complexity index is 1310. The van der Waals surface area contributed by atoms with Crippen LogP contribution in [0.15, 0.2) is 83.8 Å². The van der Waals surface area contributed by atoms with Crippen LogP contribution in [0.1, 0.15) is 23.9 Å². The summed E-state index contributed by atoms with van der Waals surface area (Å²) in [5, 5.41) is 2.96. The van der Waals surface area contributed by atoms with Crippen molar-refractivity contribution in [2.75, 3.05) is 6.54 Å². The highest BCUT2D eigenvalue weighted by Crippen LogP contribution is 2.20. The summed E-state index contributed by atoms with van der Waals surface area (Å²) in [7, 11) is -3.83. The fourth-order valence-electron chi connectivity index (χ4n) is 3.47. The number of carbonyl (C=O) groups is 1. The van der Waals surface area contributed by atoms with E-state index in [4.69, 9.17) is 0 Å². The maximum Gasteiger partial charge on any atom is 0.240 e.